The summed E-state index contributed by atoms with van der Waals surface area (Å²) in [6.07, 6.45) is 1.37. The van der Waals surface area contributed by atoms with Crippen LogP contribution in [0, 0.1) is 0 Å². The number of piperazine rings is 1. The number of nitrogens with zero attached hydrogens (tertiary/aromatic N) is 4. The van der Waals surface area contributed by atoms with Crippen LogP contribution in [0.2, 0.25) is 0 Å². The van der Waals surface area contributed by atoms with Crippen LogP contribution in [0.5, 0.6) is 0 Å². The van der Waals surface area contributed by atoms with E-state index in [9.17, 15) is 19.2 Å². The zero-order valence-corrected chi connectivity index (χ0v) is 19.1. The fourth-order valence-electron chi connectivity index (χ4n) is 4.91. The number of imide groups is 1. The molecule has 5 rings (SSSR count). The minimum atomic E-state index is -0.288. The van der Waals surface area contributed by atoms with Crippen molar-refractivity contribution in [3.63, 3.8) is 0 Å². The Morgan fingerprint density at radius 1 is 0.706 bits per heavy atom. The summed E-state index contributed by atoms with van der Waals surface area (Å²) in [7, 11) is 0. The van der Waals surface area contributed by atoms with Gasteiger partial charge in [0.1, 0.15) is 6.54 Å². The summed E-state index contributed by atoms with van der Waals surface area (Å²) in [6, 6.07) is 16.3. The highest BCUT2D eigenvalue weighted by atomic mass is 16.2. The maximum absolute atomic E-state index is 13.0. The Kier molecular flexibility index (Phi) is 6.04. The third kappa shape index (κ3) is 4.40. The van der Waals surface area contributed by atoms with Crippen molar-refractivity contribution >= 4 is 29.3 Å². The molecule has 3 aliphatic rings. The highest BCUT2D eigenvalue weighted by Gasteiger charge is 2.33. The minimum Gasteiger partial charge on any atom is -0.367 e. The van der Waals surface area contributed by atoms with Crippen molar-refractivity contribution in [2.75, 3.05) is 44.2 Å². The molecular weight excluding hydrogens is 432 g/mol. The number of rotatable bonds is 4. The molecule has 0 aromatic heterocycles. The molecule has 2 fully saturated rings. The van der Waals surface area contributed by atoms with Crippen molar-refractivity contribution in [2.24, 2.45) is 0 Å². The molecular formula is C26H28N4O4. The summed E-state index contributed by atoms with van der Waals surface area (Å²) in [6.45, 7) is 3.27. The largest absolute Gasteiger partial charge is 0.367 e. The summed E-state index contributed by atoms with van der Waals surface area (Å²) in [4.78, 5) is 55.8. The van der Waals surface area contributed by atoms with Crippen LogP contribution in [-0.2, 0) is 27.3 Å². The first-order chi connectivity index (χ1) is 16.5. The van der Waals surface area contributed by atoms with Crippen LogP contribution in [0.25, 0.3) is 0 Å². The van der Waals surface area contributed by atoms with Gasteiger partial charge < -0.3 is 14.7 Å². The molecule has 0 aliphatic carbocycles. The molecule has 0 radical (unpaired) electrons. The lowest BCUT2D eigenvalue weighted by Gasteiger charge is -2.35. The van der Waals surface area contributed by atoms with E-state index in [1.807, 2.05) is 24.3 Å². The molecule has 0 unspecified atom stereocenters. The average molecular weight is 461 g/mol. The second-order valence-corrected chi connectivity index (χ2v) is 9.03. The number of benzene rings is 2. The van der Waals surface area contributed by atoms with Gasteiger partial charge in [0, 0.05) is 63.4 Å². The molecule has 0 spiro atoms. The first-order valence-corrected chi connectivity index (χ1v) is 11.8. The number of hydrogen-bond donors (Lipinski definition) is 0. The fraction of sp³-hybridized carbons (Fsp3) is 0.385. The molecule has 0 saturated carbocycles. The van der Waals surface area contributed by atoms with E-state index in [1.165, 1.54) is 11.1 Å². The van der Waals surface area contributed by atoms with Gasteiger partial charge in [0.25, 0.3) is 5.91 Å². The normalized spacial score (nSPS) is 18.4. The van der Waals surface area contributed by atoms with Crippen LogP contribution >= 0.6 is 0 Å². The standard InChI is InChI=1S/C26H28N4O4/c31-23-9-10-24(32)30(23)18-25(33)27-13-15-28(16-14-27)26(34)20-5-7-22(8-6-20)29-12-11-19-3-1-2-4-21(19)17-29/h1-8H,9-18H2. The average Bonchev–Trinajstić information content (AvgIpc) is 3.20. The lowest BCUT2D eigenvalue weighted by Crippen LogP contribution is -2.53. The van der Waals surface area contributed by atoms with Crippen LogP contribution in [-0.4, -0.2) is 77.6 Å². The number of likely N-dealkylation sites (tertiary alicyclic amines) is 1. The smallest absolute Gasteiger partial charge is 0.253 e. The summed E-state index contributed by atoms with van der Waals surface area (Å²) < 4.78 is 0. The van der Waals surface area contributed by atoms with Crippen LogP contribution < -0.4 is 4.90 Å². The molecule has 176 valence electrons. The minimum absolute atomic E-state index is 0.0486. The van der Waals surface area contributed by atoms with Gasteiger partial charge in [-0.2, -0.15) is 0 Å². The van der Waals surface area contributed by atoms with Crippen LogP contribution in [0.3, 0.4) is 0 Å². The molecule has 8 nitrogen and oxygen atoms in total. The summed E-state index contributed by atoms with van der Waals surface area (Å²) in [5.74, 6) is -0.871. The quantitative estimate of drug-likeness (QED) is 0.649. The topological polar surface area (TPSA) is 81.2 Å². The third-order valence-corrected chi connectivity index (χ3v) is 6.98. The zero-order valence-electron chi connectivity index (χ0n) is 19.1. The second kappa shape index (κ2) is 9.29. The van der Waals surface area contributed by atoms with Gasteiger partial charge in [0.05, 0.1) is 0 Å². The predicted molar refractivity (Wildman–Crippen MR) is 126 cm³/mol. The molecule has 3 heterocycles. The number of carbonyl (C=O) groups excluding carboxylic acids is 4. The number of anilines is 1. The molecule has 0 atom stereocenters. The van der Waals surface area contributed by atoms with Crippen molar-refractivity contribution in [1.82, 2.24) is 14.7 Å². The summed E-state index contributed by atoms with van der Waals surface area (Å²) in [5, 5.41) is 0. The molecule has 8 heteroatoms. The number of hydrogen-bond acceptors (Lipinski definition) is 5. The molecule has 2 aromatic rings. The van der Waals surface area contributed by atoms with E-state index >= 15 is 0 Å². The Morgan fingerprint density at radius 3 is 2.00 bits per heavy atom. The van der Waals surface area contributed by atoms with Crippen molar-refractivity contribution < 1.29 is 19.2 Å². The van der Waals surface area contributed by atoms with E-state index in [4.69, 9.17) is 0 Å². The molecule has 2 aromatic carbocycles. The van der Waals surface area contributed by atoms with Gasteiger partial charge in [-0.25, -0.2) is 0 Å². The Labute approximate surface area is 198 Å². The maximum atomic E-state index is 13.0. The monoisotopic (exact) mass is 460 g/mol. The maximum Gasteiger partial charge on any atom is 0.253 e. The Balaban J connectivity index is 1.15. The number of amides is 4. The highest BCUT2D eigenvalue weighted by Crippen LogP contribution is 2.25. The van der Waals surface area contributed by atoms with E-state index in [2.05, 4.69) is 29.2 Å². The zero-order chi connectivity index (χ0) is 23.7. The van der Waals surface area contributed by atoms with Gasteiger partial charge in [-0.15, -0.1) is 0 Å². The van der Waals surface area contributed by atoms with Gasteiger partial charge in [0.2, 0.25) is 17.7 Å². The second-order valence-electron chi connectivity index (χ2n) is 9.03. The van der Waals surface area contributed by atoms with Gasteiger partial charge in [-0.1, -0.05) is 24.3 Å². The van der Waals surface area contributed by atoms with E-state index < -0.39 is 0 Å². The lowest BCUT2D eigenvalue weighted by molar-refractivity contribution is -0.146. The summed E-state index contributed by atoms with van der Waals surface area (Å²) in [5.41, 5.74) is 4.49. The van der Waals surface area contributed by atoms with Crippen LogP contribution in [0.4, 0.5) is 5.69 Å². The van der Waals surface area contributed by atoms with E-state index in [1.54, 1.807) is 9.80 Å². The molecule has 4 amide bonds. The molecule has 3 aliphatic heterocycles. The van der Waals surface area contributed by atoms with Gasteiger partial charge in [-0.3, -0.25) is 24.1 Å². The molecule has 34 heavy (non-hydrogen) atoms. The lowest BCUT2D eigenvalue weighted by atomic mass is 9.99. The Hall–Kier alpha value is -3.68. The molecule has 2 saturated heterocycles. The van der Waals surface area contributed by atoms with Gasteiger partial charge in [-0.05, 0) is 41.8 Å². The first-order valence-electron chi connectivity index (χ1n) is 11.8. The van der Waals surface area contributed by atoms with Gasteiger partial charge in [0.15, 0.2) is 0 Å². The van der Waals surface area contributed by atoms with E-state index in [0.717, 1.165) is 30.1 Å². The number of carbonyl (C=O) groups is 4. The SMILES string of the molecule is O=C(CN1C(=O)CCC1=O)N1CCN(C(=O)c2ccc(N3CCc4ccccc4C3)cc2)CC1. The van der Waals surface area contributed by atoms with Crippen molar-refractivity contribution in [3.8, 4) is 0 Å². The van der Waals surface area contributed by atoms with Crippen molar-refractivity contribution in [2.45, 2.75) is 25.8 Å². The van der Waals surface area contributed by atoms with E-state index in [-0.39, 0.29) is 43.0 Å². The van der Waals surface area contributed by atoms with Crippen molar-refractivity contribution in [3.05, 3.63) is 65.2 Å². The fourth-order valence-corrected chi connectivity index (χ4v) is 4.91. The van der Waals surface area contributed by atoms with E-state index in [0.29, 0.717) is 31.7 Å². The van der Waals surface area contributed by atoms with Crippen LogP contribution in [0.1, 0.15) is 34.3 Å². The first kappa shape index (κ1) is 22.1. The highest BCUT2D eigenvalue weighted by molar-refractivity contribution is 6.04. The molecule has 0 bridgehead atoms. The predicted octanol–water partition coefficient (Wildman–Crippen LogP) is 1.68. The number of fused-ring (bicyclic) bond motifs is 1. The van der Waals surface area contributed by atoms with Gasteiger partial charge >= 0.3 is 0 Å². The molecule has 0 N–H and O–H groups in total. The Bertz CT molecular complexity index is 1110. The van der Waals surface area contributed by atoms with Crippen molar-refractivity contribution in [1.29, 1.82) is 0 Å². The third-order valence-electron chi connectivity index (χ3n) is 6.98. The Morgan fingerprint density at radius 2 is 1.32 bits per heavy atom. The summed E-state index contributed by atoms with van der Waals surface area (Å²) >= 11 is 0. The van der Waals surface area contributed by atoms with Crippen LogP contribution in [0.15, 0.2) is 48.5 Å².